The molecule has 0 amide bonds. The summed E-state index contributed by atoms with van der Waals surface area (Å²) in [6.07, 6.45) is 0. The van der Waals surface area contributed by atoms with Gasteiger partial charge in [-0.25, -0.2) is 4.79 Å². The second-order valence-corrected chi connectivity index (χ2v) is 9.44. The van der Waals surface area contributed by atoms with E-state index in [0.717, 1.165) is 0 Å². The molecule has 0 aromatic rings. The van der Waals surface area contributed by atoms with Crippen LogP contribution in [0.5, 0.6) is 0 Å². The Morgan fingerprint density at radius 3 is 0.719 bits per heavy atom. The normalized spacial score (nSPS) is 8.31. The molecule has 0 saturated heterocycles. The molecule has 32 heavy (non-hydrogen) atoms. The van der Waals surface area contributed by atoms with Crippen LogP contribution in [0.1, 0.15) is 55.4 Å². The molecule has 0 saturated carbocycles. The zero-order valence-electron chi connectivity index (χ0n) is 19.4. The Morgan fingerprint density at radius 1 is 0.500 bits per heavy atom. The Labute approximate surface area is 217 Å². The molecule has 0 bridgehead atoms. The maximum absolute atomic E-state index is 12.3. The molecule has 0 aromatic heterocycles. The molecule has 0 aliphatic heterocycles. The van der Waals surface area contributed by atoms with Crippen LogP contribution in [0.4, 0.5) is 4.79 Å². The Kier molecular flexibility index (Phi) is 95.7. The smallest absolute Gasteiger partial charge is 3.00 e. The van der Waals surface area contributed by atoms with Gasteiger partial charge in [-0.2, -0.15) is 9.34 Å². The minimum atomic E-state index is -0.218. The average molecular weight is 574 g/mol. The van der Waals surface area contributed by atoms with Crippen LogP contribution in [-0.4, -0.2) is 38.8 Å². The molecule has 0 rings (SSSR count). The third-order valence-corrected chi connectivity index (χ3v) is 7.32. The van der Waals surface area contributed by atoms with E-state index in [-0.39, 0.29) is 51.6 Å². The quantitative estimate of drug-likeness (QED) is 0.189. The predicted molar refractivity (Wildman–Crippen MR) is 113 cm³/mol. The Hall–Kier alpha value is -0.0710. The van der Waals surface area contributed by atoms with Crippen molar-refractivity contribution in [1.29, 1.82) is 0 Å². The summed E-state index contributed by atoms with van der Waals surface area (Å²) in [5.74, 6) is 0. The van der Waals surface area contributed by atoms with Crippen LogP contribution in [0.3, 0.4) is 0 Å². The molecular formula is C19H32Fe2N2O7P2+8. The van der Waals surface area contributed by atoms with Gasteiger partial charge in [0.15, 0.2) is 17.5 Å². The van der Waals surface area contributed by atoms with E-state index in [9.17, 15) is 4.79 Å². The summed E-state index contributed by atoms with van der Waals surface area (Å²) < 4.78 is 49.7. The van der Waals surface area contributed by atoms with Crippen molar-refractivity contribution in [3.8, 4) is 0 Å². The minimum Gasteiger partial charge on any atom is 3.00 e. The van der Waals surface area contributed by atoms with Crippen LogP contribution < -0.4 is 0 Å². The van der Waals surface area contributed by atoms with Crippen molar-refractivity contribution >= 4 is 22.7 Å². The van der Waals surface area contributed by atoms with Gasteiger partial charge < -0.3 is 0 Å². The largest absolute Gasteiger partial charge is 3.00 e. The molecule has 2 atom stereocenters. The first-order valence-electron chi connectivity index (χ1n) is 8.17. The van der Waals surface area contributed by atoms with Gasteiger partial charge in [0.1, 0.15) is 0 Å². The third kappa shape index (κ3) is 43.7. The number of hydrogen-bond donors (Lipinski definition) is 0. The zero-order chi connectivity index (χ0) is 26.5. The van der Waals surface area contributed by atoms with Crippen molar-refractivity contribution in [3.63, 3.8) is 0 Å². The van der Waals surface area contributed by atoms with Crippen molar-refractivity contribution < 1.29 is 66.8 Å². The van der Waals surface area contributed by atoms with Gasteiger partial charge in [0.05, 0.1) is 0 Å². The van der Waals surface area contributed by atoms with Gasteiger partial charge in [0.25, 0.3) is 0 Å². The van der Waals surface area contributed by atoms with Gasteiger partial charge in [-0.15, -0.1) is 0 Å². The van der Waals surface area contributed by atoms with Crippen LogP contribution in [0.2, 0.25) is 0 Å². The first-order valence-corrected chi connectivity index (χ1v) is 10.4. The summed E-state index contributed by atoms with van der Waals surface area (Å²) in [5, 5.41) is 0.486. The molecule has 2 radical (unpaired) electrons. The number of nitrogens with zero attached hydrogens (tertiary/aromatic N) is 2. The SMILES string of the molecule is CC(C)N([PH2+]C(=O)[PH2+]N(C(C)C)C(C)C)C(C)C.[C-]#[O+].[C-]#[O+].[C-]#[O+].[C-]#[O+].[C-]#[O+].[C-]#[O+].[Fe+3].[Fe+3]. The van der Waals surface area contributed by atoms with E-state index in [2.05, 4.69) is 105 Å². The number of carbonyl (C=O) groups is 1. The number of carbonyl (C=O) groups excluding carboxylic acids is 1. The summed E-state index contributed by atoms with van der Waals surface area (Å²) in [6.45, 7) is 44.4. The first kappa shape index (κ1) is 58.1. The fourth-order valence-electron chi connectivity index (χ4n) is 2.12. The van der Waals surface area contributed by atoms with Gasteiger partial charge in [0, 0.05) is 24.2 Å². The van der Waals surface area contributed by atoms with Gasteiger partial charge in [-0.05, 0) is 55.4 Å². The van der Waals surface area contributed by atoms with Crippen LogP contribution in [-0.2, 0) is 62.1 Å². The van der Waals surface area contributed by atoms with E-state index >= 15 is 0 Å². The molecule has 0 fully saturated rings. The fourth-order valence-corrected chi connectivity index (χ4v) is 5.20. The molecular weight excluding hydrogens is 542 g/mol. The zero-order valence-corrected chi connectivity index (χ0v) is 23.9. The molecule has 0 aliphatic carbocycles. The molecule has 0 heterocycles. The van der Waals surface area contributed by atoms with Gasteiger partial charge >= 0.3 is 107 Å². The van der Waals surface area contributed by atoms with Gasteiger partial charge in [-0.3, -0.25) is 0 Å². The second kappa shape index (κ2) is 52.7. The first-order chi connectivity index (χ1) is 14.2. The molecule has 0 spiro atoms. The molecule has 2 unspecified atom stereocenters. The minimum absolute atomic E-state index is 0. The van der Waals surface area contributed by atoms with E-state index in [1.54, 1.807) is 0 Å². The van der Waals surface area contributed by atoms with E-state index in [0.29, 0.717) is 29.4 Å². The number of hydrogen-bond acceptors (Lipinski definition) is 3. The van der Waals surface area contributed by atoms with Crippen LogP contribution in [0.15, 0.2) is 0 Å². The summed E-state index contributed by atoms with van der Waals surface area (Å²) >= 11 is 0. The molecule has 0 aromatic carbocycles. The molecule has 178 valence electrons. The maximum atomic E-state index is 12.3. The Balaban J connectivity index is -0.0000000465. The maximum Gasteiger partial charge on any atom is 3.00 e. The monoisotopic (exact) mass is 574 g/mol. The van der Waals surface area contributed by atoms with Gasteiger partial charge in [-0.1, -0.05) is 0 Å². The number of rotatable bonds is 8. The fraction of sp³-hybridized carbons (Fsp3) is 0.632. The standard InChI is InChI=1S/C13H30N2OP2.6CO.2Fe/c1-9(2)14(10(3)4)17-13(16)18-15(11(5)6)12(7)8;6*1-2;;/h9-12,17-18H,1-8H3;;;;;;;;/q;;;;;;;2*+3/p+2. The Bertz CT molecular complexity index is 407. The van der Waals surface area contributed by atoms with E-state index < -0.39 is 0 Å². The van der Waals surface area contributed by atoms with E-state index in [1.165, 1.54) is 0 Å². The molecule has 9 nitrogen and oxygen atoms in total. The molecule has 13 heteroatoms. The van der Waals surface area contributed by atoms with Crippen LogP contribution in [0, 0.1) is 39.9 Å². The molecule has 0 aliphatic rings. The van der Waals surface area contributed by atoms with Crippen molar-refractivity contribution in [2.24, 2.45) is 0 Å². The van der Waals surface area contributed by atoms with Crippen molar-refractivity contribution in [2.45, 2.75) is 79.6 Å². The predicted octanol–water partition coefficient (Wildman–Crippen LogP) is 3.77. The second-order valence-electron chi connectivity index (χ2n) is 5.93. The van der Waals surface area contributed by atoms with Crippen LogP contribution in [0.25, 0.3) is 0 Å². The van der Waals surface area contributed by atoms with Gasteiger partial charge in [0.2, 0.25) is 0 Å². The molecule has 0 N–H and O–H groups in total. The topological polar surface area (TPSA) is 143 Å². The van der Waals surface area contributed by atoms with Crippen molar-refractivity contribution in [3.05, 3.63) is 39.9 Å². The summed E-state index contributed by atoms with van der Waals surface area (Å²) in [5.41, 5.74) is 0. The van der Waals surface area contributed by atoms with Crippen molar-refractivity contribution in [2.75, 3.05) is 0 Å². The third-order valence-electron chi connectivity index (χ3n) is 2.94. The average Bonchev–Trinajstić information content (AvgIpc) is 2.78. The summed E-state index contributed by atoms with van der Waals surface area (Å²) in [7, 11) is -0.436. The van der Waals surface area contributed by atoms with Crippen LogP contribution >= 0.6 is 17.5 Å². The van der Waals surface area contributed by atoms with E-state index in [1.807, 2.05) is 0 Å². The summed E-state index contributed by atoms with van der Waals surface area (Å²) in [6, 6.07) is 1.87. The van der Waals surface area contributed by atoms with E-state index in [4.69, 9.17) is 27.9 Å². The Morgan fingerprint density at radius 2 is 0.625 bits per heavy atom. The summed E-state index contributed by atoms with van der Waals surface area (Å²) in [4.78, 5) is 12.3. The van der Waals surface area contributed by atoms with Crippen molar-refractivity contribution in [1.82, 2.24) is 9.34 Å².